The summed E-state index contributed by atoms with van der Waals surface area (Å²) < 4.78 is 0. The monoisotopic (exact) mass is 736 g/mol. The van der Waals surface area contributed by atoms with Gasteiger partial charge in [-0.25, -0.2) is 0 Å². The Morgan fingerprint density at radius 3 is 1.43 bits per heavy atom. The minimum absolute atomic E-state index is 0.360. The van der Waals surface area contributed by atoms with Crippen LogP contribution in [0.1, 0.15) is 115 Å². The van der Waals surface area contributed by atoms with E-state index in [2.05, 4.69) is 162 Å². The lowest BCUT2D eigenvalue weighted by Crippen LogP contribution is -2.53. The van der Waals surface area contributed by atoms with E-state index in [-0.39, 0.29) is 10.8 Å². The average molecular weight is 737 g/mol. The number of hydrogen-bond acceptors (Lipinski definition) is 6. The predicted octanol–water partition coefficient (Wildman–Crippen LogP) is 12.5. The van der Waals surface area contributed by atoms with Gasteiger partial charge < -0.3 is 9.80 Å². The summed E-state index contributed by atoms with van der Waals surface area (Å²) in [5.74, 6) is 0. The first kappa shape index (κ1) is 37.0. The standard InChI is InChI=1S/C47H52N4S2/c1-9-26-50-42-20-13-11-18-40(42)44(5,6)46(50,30-48)24-22-34-28-38(32(3)52-34)36-16-15-17-37(36)39-29-35(53-33(39)4)23-25-47(31-49)45(7,8)41-19-12-14-21-43(41)51(47)27-10-2/h11-14,18-25,28-29H,9-10,15-17,26-27H2,1-8H3/b24-22+,25-23+. The van der Waals surface area contributed by atoms with Gasteiger partial charge in [0, 0.05) is 54.8 Å². The molecule has 2 aromatic carbocycles. The van der Waals surface area contributed by atoms with E-state index < -0.39 is 11.1 Å². The number of aryl methyl sites for hydroxylation is 2. The van der Waals surface area contributed by atoms with Crippen molar-refractivity contribution in [1.29, 1.82) is 10.5 Å². The van der Waals surface area contributed by atoms with Crippen LogP contribution in [-0.2, 0) is 10.8 Å². The molecule has 0 spiro atoms. The van der Waals surface area contributed by atoms with E-state index in [9.17, 15) is 10.5 Å². The summed E-state index contributed by atoms with van der Waals surface area (Å²) in [6.07, 6.45) is 14.0. The van der Waals surface area contributed by atoms with Gasteiger partial charge in [0.2, 0.25) is 0 Å². The highest BCUT2D eigenvalue weighted by Crippen LogP contribution is 2.54. The summed E-state index contributed by atoms with van der Waals surface area (Å²) in [5, 5.41) is 21.8. The van der Waals surface area contributed by atoms with Crippen molar-refractivity contribution in [3.05, 3.63) is 115 Å². The number of nitriles is 2. The van der Waals surface area contributed by atoms with Crippen molar-refractivity contribution in [1.82, 2.24) is 0 Å². The molecular formula is C47H52N4S2. The first-order chi connectivity index (χ1) is 25.4. The van der Waals surface area contributed by atoms with Gasteiger partial charge in [-0.05, 0) is 128 Å². The third-order valence-electron chi connectivity index (χ3n) is 12.4. The van der Waals surface area contributed by atoms with E-state index in [1.807, 2.05) is 22.7 Å². The second-order valence-corrected chi connectivity index (χ2v) is 18.6. The zero-order valence-electron chi connectivity index (χ0n) is 32.6. The second kappa shape index (κ2) is 13.8. The molecule has 0 saturated heterocycles. The molecule has 2 atom stereocenters. The zero-order valence-corrected chi connectivity index (χ0v) is 34.3. The van der Waals surface area contributed by atoms with E-state index in [1.165, 1.54) is 64.3 Å². The lowest BCUT2D eigenvalue weighted by atomic mass is 9.70. The largest absolute Gasteiger partial charge is 0.349 e. The SMILES string of the molecule is CCCN1c2ccccc2C(C)(C)C1(C#N)/C=C/c1cc(C2=C(c3cc(/C=C/C4(C#N)N(CCC)c5ccccc5C4(C)C)sc3C)CCC2)c(C)s1. The first-order valence-electron chi connectivity index (χ1n) is 19.3. The summed E-state index contributed by atoms with van der Waals surface area (Å²) in [6.45, 7) is 19.4. The lowest BCUT2D eigenvalue weighted by molar-refractivity contribution is 0.397. The molecule has 4 aromatic rings. The van der Waals surface area contributed by atoms with Crippen molar-refractivity contribution in [2.24, 2.45) is 0 Å². The molecule has 4 nitrogen and oxygen atoms in total. The number of hydrogen-bond donors (Lipinski definition) is 0. The van der Waals surface area contributed by atoms with Crippen molar-refractivity contribution in [2.75, 3.05) is 22.9 Å². The number of para-hydroxylation sites is 2. The zero-order chi connectivity index (χ0) is 37.8. The maximum atomic E-state index is 10.9. The minimum atomic E-state index is -0.769. The lowest BCUT2D eigenvalue weighted by Gasteiger charge is -2.40. The van der Waals surface area contributed by atoms with Crippen LogP contribution in [0.15, 0.2) is 72.8 Å². The van der Waals surface area contributed by atoms with Crippen LogP contribution in [0.5, 0.6) is 0 Å². The molecule has 2 aromatic heterocycles. The molecular weight excluding hydrogens is 685 g/mol. The predicted molar refractivity (Wildman–Crippen MR) is 228 cm³/mol. The molecule has 0 bridgehead atoms. The summed E-state index contributed by atoms with van der Waals surface area (Å²) in [6, 6.07) is 27.4. The van der Waals surface area contributed by atoms with Crippen molar-refractivity contribution >= 4 is 57.3 Å². The third kappa shape index (κ3) is 5.56. The number of rotatable bonds is 10. The van der Waals surface area contributed by atoms with Gasteiger partial charge in [0.25, 0.3) is 0 Å². The molecule has 2 aliphatic heterocycles. The van der Waals surface area contributed by atoms with Crippen LogP contribution in [0.3, 0.4) is 0 Å². The molecule has 7 rings (SSSR count). The van der Waals surface area contributed by atoms with Crippen molar-refractivity contribution in [3.8, 4) is 12.1 Å². The minimum Gasteiger partial charge on any atom is -0.349 e. The fourth-order valence-corrected chi connectivity index (χ4v) is 11.5. The molecule has 0 fully saturated rings. The Balaban J connectivity index is 1.21. The maximum Gasteiger partial charge on any atom is 0.156 e. The maximum absolute atomic E-state index is 10.9. The normalized spacial score (nSPS) is 22.9. The summed E-state index contributed by atoms with van der Waals surface area (Å²) in [7, 11) is 0. The van der Waals surface area contributed by atoms with E-state index in [0.717, 1.165) is 45.2 Å². The van der Waals surface area contributed by atoms with Crippen LogP contribution >= 0.6 is 22.7 Å². The Morgan fingerprint density at radius 2 is 1.06 bits per heavy atom. The molecule has 1 aliphatic carbocycles. The third-order valence-corrected chi connectivity index (χ3v) is 14.5. The van der Waals surface area contributed by atoms with E-state index in [1.54, 1.807) is 0 Å². The molecule has 4 heterocycles. The molecule has 53 heavy (non-hydrogen) atoms. The Labute approximate surface area is 325 Å². The van der Waals surface area contributed by atoms with E-state index >= 15 is 0 Å². The Kier molecular flexibility index (Phi) is 9.63. The quantitative estimate of drug-likeness (QED) is 0.163. The molecule has 272 valence electrons. The second-order valence-electron chi connectivity index (χ2n) is 16.1. The Hall–Kier alpha value is -4.36. The highest BCUT2D eigenvalue weighted by molar-refractivity contribution is 7.13. The number of thiophene rings is 2. The van der Waals surface area contributed by atoms with E-state index in [0.29, 0.717) is 0 Å². The highest BCUT2D eigenvalue weighted by atomic mass is 32.1. The van der Waals surface area contributed by atoms with Gasteiger partial charge in [-0.1, -0.05) is 77.9 Å². The average Bonchev–Trinajstić information content (AvgIpc) is 3.93. The van der Waals surface area contributed by atoms with Crippen molar-refractivity contribution in [3.63, 3.8) is 0 Å². The van der Waals surface area contributed by atoms with Crippen molar-refractivity contribution < 1.29 is 0 Å². The van der Waals surface area contributed by atoms with Crippen LogP contribution in [0.2, 0.25) is 0 Å². The molecule has 3 aliphatic rings. The van der Waals surface area contributed by atoms with Gasteiger partial charge in [-0.2, -0.15) is 10.5 Å². The molecule has 0 amide bonds. The van der Waals surface area contributed by atoms with E-state index in [4.69, 9.17) is 0 Å². The number of nitrogens with zero attached hydrogens (tertiary/aromatic N) is 4. The topological polar surface area (TPSA) is 54.1 Å². The molecule has 6 heteroatoms. The van der Waals surface area contributed by atoms with Crippen LogP contribution < -0.4 is 9.80 Å². The number of benzene rings is 2. The fraction of sp³-hybridized carbons (Fsp3) is 0.404. The first-order valence-corrected chi connectivity index (χ1v) is 20.9. The van der Waals surface area contributed by atoms with Gasteiger partial charge in [0.15, 0.2) is 11.1 Å². The van der Waals surface area contributed by atoms with Gasteiger partial charge >= 0.3 is 0 Å². The number of fused-ring (bicyclic) bond motifs is 2. The van der Waals surface area contributed by atoms with Gasteiger partial charge in [0.1, 0.15) is 0 Å². The fourth-order valence-electron chi connectivity index (χ4n) is 9.57. The molecule has 0 saturated carbocycles. The van der Waals surface area contributed by atoms with Gasteiger partial charge in [-0.3, -0.25) is 0 Å². The van der Waals surface area contributed by atoms with Gasteiger partial charge in [-0.15, -0.1) is 22.7 Å². The van der Waals surface area contributed by atoms with Crippen LogP contribution in [0.25, 0.3) is 23.3 Å². The molecule has 0 radical (unpaired) electrons. The number of anilines is 2. The highest BCUT2D eigenvalue weighted by Gasteiger charge is 2.57. The summed E-state index contributed by atoms with van der Waals surface area (Å²) >= 11 is 3.66. The van der Waals surface area contributed by atoms with Crippen LogP contribution in [0, 0.1) is 36.5 Å². The number of allylic oxidation sites excluding steroid dienone is 2. The molecule has 0 N–H and O–H groups in total. The smallest absolute Gasteiger partial charge is 0.156 e. The Morgan fingerprint density at radius 1 is 0.660 bits per heavy atom. The summed E-state index contributed by atoms with van der Waals surface area (Å²) in [5.41, 5.74) is 8.18. The van der Waals surface area contributed by atoms with Crippen molar-refractivity contribution in [2.45, 2.75) is 109 Å². The van der Waals surface area contributed by atoms with Gasteiger partial charge in [0.05, 0.1) is 12.1 Å². The molecule has 2 unspecified atom stereocenters. The summed E-state index contributed by atoms with van der Waals surface area (Å²) in [4.78, 5) is 9.70. The van der Waals surface area contributed by atoms with Crippen LogP contribution in [-0.4, -0.2) is 24.2 Å². The van der Waals surface area contributed by atoms with Crippen LogP contribution in [0.4, 0.5) is 11.4 Å². The Bertz CT molecular complexity index is 2070.